The lowest BCUT2D eigenvalue weighted by atomic mass is 9.94. The number of benzene rings is 7. The first-order valence-electron chi connectivity index (χ1n) is 12.1. The van der Waals surface area contributed by atoms with Crippen LogP contribution in [0.25, 0.3) is 32.3 Å². The highest BCUT2D eigenvalue weighted by atomic mass is 31.2. The van der Waals surface area contributed by atoms with E-state index in [0.29, 0.717) is 0 Å². The summed E-state index contributed by atoms with van der Waals surface area (Å²) in [5, 5.41) is 13.5. The van der Waals surface area contributed by atoms with Gasteiger partial charge in [0.25, 0.3) is 0 Å². The molecule has 35 heavy (non-hydrogen) atoms. The first-order valence-corrected chi connectivity index (χ1v) is 13.9. The summed E-state index contributed by atoms with van der Waals surface area (Å²) >= 11 is 0. The van der Waals surface area contributed by atoms with Gasteiger partial charge < -0.3 is 0 Å². The van der Waals surface area contributed by atoms with Gasteiger partial charge >= 0.3 is 0 Å². The van der Waals surface area contributed by atoms with Crippen LogP contribution in [-0.4, -0.2) is 0 Å². The molecule has 0 unspecified atom stereocenters. The van der Waals surface area contributed by atoms with Gasteiger partial charge in [0.1, 0.15) is 28.5 Å². The highest BCUT2D eigenvalue weighted by molar-refractivity contribution is 8.01. The average Bonchev–Trinajstić information content (AvgIpc) is 2.94. The average molecular weight is 464 g/mol. The molecule has 0 atom stereocenters. The van der Waals surface area contributed by atoms with Gasteiger partial charge in [-0.2, -0.15) is 0 Å². The SMILES string of the molecule is c1ccc([P+](c2ccccc2)(c2ccccc2)c2cc3ccc4cccc5ccc(c2)c3c45)cc1. The number of hydrogen-bond donors (Lipinski definition) is 0. The van der Waals surface area contributed by atoms with Crippen LogP contribution in [0.1, 0.15) is 0 Å². The van der Waals surface area contributed by atoms with Gasteiger partial charge in [0.2, 0.25) is 0 Å². The summed E-state index contributed by atoms with van der Waals surface area (Å²) in [6.07, 6.45) is 0. The molecule has 0 radical (unpaired) electrons. The Hall–Kier alpha value is -3.99. The summed E-state index contributed by atoms with van der Waals surface area (Å²) < 4.78 is 0. The molecule has 7 aromatic rings. The molecule has 0 saturated carbocycles. The van der Waals surface area contributed by atoms with E-state index in [9.17, 15) is 0 Å². The molecule has 0 saturated heterocycles. The van der Waals surface area contributed by atoms with E-state index in [1.165, 1.54) is 53.5 Å². The Morgan fingerprint density at radius 2 is 0.657 bits per heavy atom. The Morgan fingerprint density at radius 1 is 0.286 bits per heavy atom. The van der Waals surface area contributed by atoms with Crippen molar-refractivity contribution in [3.63, 3.8) is 0 Å². The molecule has 0 bridgehead atoms. The molecule has 164 valence electrons. The van der Waals surface area contributed by atoms with Gasteiger partial charge in [0, 0.05) is 0 Å². The van der Waals surface area contributed by atoms with E-state index in [-0.39, 0.29) is 0 Å². The zero-order valence-electron chi connectivity index (χ0n) is 19.3. The van der Waals surface area contributed by atoms with Gasteiger partial charge in [-0.1, -0.05) is 97.1 Å². The van der Waals surface area contributed by atoms with Crippen molar-refractivity contribution in [2.75, 3.05) is 0 Å². The summed E-state index contributed by atoms with van der Waals surface area (Å²) in [6.45, 7) is 0. The van der Waals surface area contributed by atoms with Crippen LogP contribution in [0.2, 0.25) is 0 Å². The van der Waals surface area contributed by atoms with Crippen molar-refractivity contribution in [2.45, 2.75) is 0 Å². The molecule has 0 nitrogen and oxygen atoms in total. The van der Waals surface area contributed by atoms with Gasteiger partial charge in [-0.25, -0.2) is 0 Å². The van der Waals surface area contributed by atoms with Gasteiger partial charge in [0.15, 0.2) is 0 Å². The Labute approximate surface area is 206 Å². The third-order valence-corrected chi connectivity index (χ3v) is 11.5. The second-order valence-electron chi connectivity index (χ2n) is 9.15. The summed E-state index contributed by atoms with van der Waals surface area (Å²) in [5.41, 5.74) is 0. The number of hydrogen-bond acceptors (Lipinski definition) is 0. The molecule has 0 N–H and O–H groups in total. The van der Waals surface area contributed by atoms with Crippen molar-refractivity contribution in [1.82, 2.24) is 0 Å². The van der Waals surface area contributed by atoms with Crippen LogP contribution in [0.4, 0.5) is 0 Å². The Morgan fingerprint density at radius 3 is 1.09 bits per heavy atom. The summed E-state index contributed by atoms with van der Waals surface area (Å²) in [6, 6.07) is 54.1. The summed E-state index contributed by atoms with van der Waals surface area (Å²) in [4.78, 5) is 0. The van der Waals surface area contributed by atoms with Crippen LogP contribution in [0.15, 0.2) is 146 Å². The molecule has 0 aliphatic carbocycles. The Kier molecular flexibility index (Phi) is 4.69. The second-order valence-corrected chi connectivity index (χ2v) is 12.6. The zero-order valence-corrected chi connectivity index (χ0v) is 20.2. The normalized spacial score (nSPS) is 12.0. The molecular formula is C34H24P+. The van der Waals surface area contributed by atoms with Crippen LogP contribution in [0, 0.1) is 0 Å². The van der Waals surface area contributed by atoms with E-state index in [1.807, 2.05) is 0 Å². The predicted octanol–water partition coefficient (Wildman–Crippen LogP) is 7.20. The molecule has 0 aliphatic rings. The predicted molar refractivity (Wildman–Crippen MR) is 155 cm³/mol. The molecule has 1 heteroatoms. The minimum absolute atomic E-state index is 1.31. The maximum absolute atomic E-state index is 2.47. The van der Waals surface area contributed by atoms with E-state index in [2.05, 4.69) is 146 Å². The minimum atomic E-state index is -2.12. The van der Waals surface area contributed by atoms with Crippen molar-refractivity contribution >= 4 is 60.8 Å². The van der Waals surface area contributed by atoms with Gasteiger partial charge in [-0.15, -0.1) is 0 Å². The van der Waals surface area contributed by atoms with E-state index in [0.717, 1.165) is 0 Å². The maximum Gasteiger partial charge on any atom is 0.144 e. The van der Waals surface area contributed by atoms with E-state index < -0.39 is 7.26 Å². The van der Waals surface area contributed by atoms with E-state index in [1.54, 1.807) is 0 Å². The molecule has 0 aliphatic heterocycles. The lowest BCUT2D eigenvalue weighted by Crippen LogP contribution is -2.38. The molecule has 7 rings (SSSR count). The summed E-state index contributed by atoms with van der Waals surface area (Å²) in [5.74, 6) is 0. The van der Waals surface area contributed by atoms with Crippen LogP contribution >= 0.6 is 7.26 Å². The quantitative estimate of drug-likeness (QED) is 0.191. The fourth-order valence-electron chi connectivity index (χ4n) is 5.78. The molecule has 0 amide bonds. The fraction of sp³-hybridized carbons (Fsp3) is 0. The highest BCUT2D eigenvalue weighted by Crippen LogP contribution is 2.55. The van der Waals surface area contributed by atoms with Gasteiger partial charge in [-0.05, 0) is 80.8 Å². The maximum atomic E-state index is 2.47. The van der Waals surface area contributed by atoms with Crippen LogP contribution in [0.5, 0.6) is 0 Å². The lowest BCUT2D eigenvalue weighted by molar-refractivity contribution is 1.72. The molecular weight excluding hydrogens is 439 g/mol. The first kappa shape index (κ1) is 20.4. The molecule has 0 heterocycles. The molecule has 7 aromatic carbocycles. The standard InChI is InChI=1S/C34H24P/c1-4-13-29(14-5-1)35(30-15-6-2-7-16-30,31-17-8-3-9-18-31)32-23-27-21-19-25-11-10-12-26-20-22-28(24-32)34(27)33(25)26/h1-24H/q+1. The smallest absolute Gasteiger partial charge is 0.0620 e. The van der Waals surface area contributed by atoms with Crippen LogP contribution in [0.3, 0.4) is 0 Å². The van der Waals surface area contributed by atoms with E-state index in [4.69, 9.17) is 0 Å². The van der Waals surface area contributed by atoms with Gasteiger partial charge in [-0.3, -0.25) is 0 Å². The van der Waals surface area contributed by atoms with Crippen molar-refractivity contribution < 1.29 is 0 Å². The Bertz CT molecular complexity index is 1610. The third-order valence-electron chi connectivity index (χ3n) is 7.27. The molecule has 0 spiro atoms. The zero-order chi connectivity index (χ0) is 23.2. The molecule has 0 aromatic heterocycles. The van der Waals surface area contributed by atoms with Crippen LogP contribution < -0.4 is 21.2 Å². The largest absolute Gasteiger partial charge is 0.144 e. The topological polar surface area (TPSA) is 0 Å². The fourth-order valence-corrected chi connectivity index (χ4v) is 10.1. The van der Waals surface area contributed by atoms with Gasteiger partial charge in [0.05, 0.1) is 0 Å². The van der Waals surface area contributed by atoms with Crippen molar-refractivity contribution in [1.29, 1.82) is 0 Å². The first-order chi connectivity index (χ1) is 17.4. The third kappa shape index (κ3) is 3.04. The van der Waals surface area contributed by atoms with Crippen molar-refractivity contribution in [3.05, 3.63) is 146 Å². The lowest BCUT2D eigenvalue weighted by Gasteiger charge is -2.28. The number of rotatable bonds is 4. The summed E-state index contributed by atoms with van der Waals surface area (Å²) in [7, 11) is -2.12. The highest BCUT2D eigenvalue weighted by Gasteiger charge is 2.48. The monoisotopic (exact) mass is 463 g/mol. The van der Waals surface area contributed by atoms with Crippen molar-refractivity contribution in [2.24, 2.45) is 0 Å². The van der Waals surface area contributed by atoms with Crippen molar-refractivity contribution in [3.8, 4) is 0 Å². The Balaban J connectivity index is 1.65. The minimum Gasteiger partial charge on any atom is -0.0620 e. The van der Waals surface area contributed by atoms with Crippen LogP contribution in [-0.2, 0) is 0 Å². The molecule has 0 fully saturated rings. The second kappa shape index (κ2) is 8.05. The van der Waals surface area contributed by atoms with E-state index >= 15 is 0 Å².